The Bertz CT molecular complexity index is 730. The summed E-state index contributed by atoms with van der Waals surface area (Å²) in [5, 5.41) is 2.35. The first-order valence-corrected chi connectivity index (χ1v) is 6.58. The number of hydrogen-bond acceptors (Lipinski definition) is 1. The van der Waals surface area contributed by atoms with Crippen molar-refractivity contribution in [3.05, 3.63) is 48.0 Å². The number of nitrogens with zero attached hydrogens (tertiary/aromatic N) is 1. The van der Waals surface area contributed by atoms with Crippen molar-refractivity contribution in [3.63, 3.8) is 0 Å². The zero-order valence-electron chi connectivity index (χ0n) is 10.9. The second-order valence-electron chi connectivity index (χ2n) is 4.80. The first-order chi connectivity index (χ1) is 9.26. The van der Waals surface area contributed by atoms with Gasteiger partial charge in [0.05, 0.1) is 6.04 Å². The molecule has 0 aliphatic heterocycles. The fraction of sp³-hybridized carbons (Fsp3) is 0.250. The van der Waals surface area contributed by atoms with Gasteiger partial charge in [-0.25, -0.2) is 4.39 Å². The standard InChI is InChI=1S/C16H17FN2/c1-2-19-15-6-4-3-5-12(15)13-9-11(14(18)10-17)7-8-16(13)19/h3-9,14H,2,10,18H2,1H3/t14-/m0/s1. The zero-order chi connectivity index (χ0) is 13.4. The Morgan fingerprint density at radius 1 is 1.11 bits per heavy atom. The number of aromatic nitrogens is 1. The number of hydrogen-bond donors (Lipinski definition) is 1. The van der Waals surface area contributed by atoms with Crippen LogP contribution in [0.15, 0.2) is 42.5 Å². The van der Waals surface area contributed by atoms with E-state index in [1.807, 2.05) is 30.3 Å². The molecule has 2 N–H and O–H groups in total. The van der Waals surface area contributed by atoms with Gasteiger partial charge in [-0.1, -0.05) is 24.3 Å². The van der Waals surface area contributed by atoms with Gasteiger partial charge in [0, 0.05) is 28.4 Å². The minimum atomic E-state index is -0.534. The summed E-state index contributed by atoms with van der Waals surface area (Å²) in [5.41, 5.74) is 9.04. The topological polar surface area (TPSA) is 30.9 Å². The predicted octanol–water partition coefficient (Wildman–Crippen LogP) is 3.78. The number of benzene rings is 2. The van der Waals surface area contributed by atoms with Gasteiger partial charge in [0.25, 0.3) is 0 Å². The van der Waals surface area contributed by atoms with Crippen LogP contribution < -0.4 is 5.73 Å². The normalized spacial score (nSPS) is 13.2. The van der Waals surface area contributed by atoms with Gasteiger partial charge in [-0.2, -0.15) is 0 Å². The number of nitrogens with two attached hydrogens (primary N) is 1. The minimum Gasteiger partial charge on any atom is -0.341 e. The summed E-state index contributed by atoms with van der Waals surface area (Å²) in [6, 6.07) is 13.8. The molecule has 0 aliphatic rings. The van der Waals surface area contributed by atoms with E-state index < -0.39 is 12.7 Å². The largest absolute Gasteiger partial charge is 0.341 e. The third kappa shape index (κ3) is 1.81. The van der Waals surface area contributed by atoms with Crippen molar-refractivity contribution < 1.29 is 4.39 Å². The van der Waals surface area contributed by atoms with Crippen LogP contribution in [-0.4, -0.2) is 11.2 Å². The third-order valence-corrected chi connectivity index (χ3v) is 3.71. The molecule has 3 heteroatoms. The molecule has 0 unspecified atom stereocenters. The summed E-state index contributed by atoms with van der Waals surface area (Å²) in [6.07, 6.45) is 0. The van der Waals surface area contributed by atoms with Gasteiger partial charge < -0.3 is 10.3 Å². The maximum absolute atomic E-state index is 12.7. The van der Waals surface area contributed by atoms with Crippen molar-refractivity contribution >= 4 is 21.8 Å². The molecule has 0 amide bonds. The SMILES string of the molecule is CCn1c2ccccc2c2cc([C@@H](N)CF)ccc21. The van der Waals surface area contributed by atoms with Gasteiger partial charge >= 0.3 is 0 Å². The van der Waals surface area contributed by atoms with E-state index >= 15 is 0 Å². The maximum Gasteiger partial charge on any atom is 0.109 e. The number of para-hydroxylation sites is 1. The number of alkyl halides is 1. The van der Waals surface area contributed by atoms with E-state index in [1.54, 1.807) is 0 Å². The van der Waals surface area contributed by atoms with E-state index in [2.05, 4.69) is 23.6 Å². The van der Waals surface area contributed by atoms with Crippen LogP contribution in [-0.2, 0) is 6.54 Å². The molecule has 1 atom stereocenters. The number of rotatable bonds is 3. The molecule has 0 bridgehead atoms. The molecule has 98 valence electrons. The summed E-state index contributed by atoms with van der Waals surface area (Å²) < 4.78 is 15.0. The summed E-state index contributed by atoms with van der Waals surface area (Å²) in [7, 11) is 0. The van der Waals surface area contributed by atoms with E-state index in [0.29, 0.717) is 0 Å². The summed E-state index contributed by atoms with van der Waals surface area (Å²) >= 11 is 0. The van der Waals surface area contributed by atoms with Gasteiger partial charge in [0.15, 0.2) is 0 Å². The van der Waals surface area contributed by atoms with Crippen LogP contribution in [0.3, 0.4) is 0 Å². The Hall–Kier alpha value is -1.87. The average Bonchev–Trinajstić information content (AvgIpc) is 2.79. The van der Waals surface area contributed by atoms with Crippen LogP contribution in [0.5, 0.6) is 0 Å². The van der Waals surface area contributed by atoms with Crippen LogP contribution in [0, 0.1) is 0 Å². The second-order valence-corrected chi connectivity index (χ2v) is 4.80. The Morgan fingerprint density at radius 2 is 1.84 bits per heavy atom. The van der Waals surface area contributed by atoms with Crippen molar-refractivity contribution in [2.24, 2.45) is 5.73 Å². The Morgan fingerprint density at radius 3 is 2.58 bits per heavy atom. The third-order valence-electron chi connectivity index (χ3n) is 3.71. The zero-order valence-corrected chi connectivity index (χ0v) is 10.9. The lowest BCUT2D eigenvalue weighted by molar-refractivity contribution is 0.437. The summed E-state index contributed by atoms with van der Waals surface area (Å²) in [4.78, 5) is 0. The average molecular weight is 256 g/mol. The van der Waals surface area contributed by atoms with Gasteiger partial charge in [0.2, 0.25) is 0 Å². The van der Waals surface area contributed by atoms with E-state index in [9.17, 15) is 4.39 Å². The van der Waals surface area contributed by atoms with Crippen molar-refractivity contribution in [2.75, 3.05) is 6.67 Å². The lowest BCUT2D eigenvalue weighted by atomic mass is 10.0. The van der Waals surface area contributed by atoms with Crippen molar-refractivity contribution in [2.45, 2.75) is 19.5 Å². The first kappa shape index (κ1) is 12.2. The first-order valence-electron chi connectivity index (χ1n) is 6.58. The van der Waals surface area contributed by atoms with Crippen LogP contribution >= 0.6 is 0 Å². The van der Waals surface area contributed by atoms with Gasteiger partial charge in [0.1, 0.15) is 6.67 Å². The van der Waals surface area contributed by atoms with Gasteiger partial charge in [-0.3, -0.25) is 0 Å². The van der Waals surface area contributed by atoms with Crippen molar-refractivity contribution in [1.82, 2.24) is 4.57 Å². The Balaban J connectivity index is 2.36. The number of aryl methyl sites for hydroxylation is 1. The molecule has 1 heterocycles. The number of halogens is 1. The highest BCUT2D eigenvalue weighted by Gasteiger charge is 2.12. The fourth-order valence-electron chi connectivity index (χ4n) is 2.73. The smallest absolute Gasteiger partial charge is 0.109 e. The molecule has 0 radical (unpaired) electrons. The molecule has 3 rings (SSSR count). The van der Waals surface area contributed by atoms with E-state index in [0.717, 1.165) is 17.5 Å². The van der Waals surface area contributed by atoms with Gasteiger partial charge in [-0.05, 0) is 30.7 Å². The molecule has 0 saturated carbocycles. The van der Waals surface area contributed by atoms with Gasteiger partial charge in [-0.15, -0.1) is 0 Å². The molecule has 0 spiro atoms. The highest BCUT2D eigenvalue weighted by molar-refractivity contribution is 6.08. The molecule has 1 aromatic heterocycles. The molecular formula is C16H17FN2. The fourth-order valence-corrected chi connectivity index (χ4v) is 2.73. The molecule has 0 saturated heterocycles. The van der Waals surface area contributed by atoms with Crippen LogP contribution in [0.1, 0.15) is 18.5 Å². The lowest BCUT2D eigenvalue weighted by Crippen LogP contribution is -2.11. The Kier molecular flexibility index (Phi) is 2.99. The Labute approximate surface area is 111 Å². The summed E-state index contributed by atoms with van der Waals surface area (Å²) in [5.74, 6) is 0. The van der Waals surface area contributed by atoms with Crippen LogP contribution in [0.25, 0.3) is 21.8 Å². The van der Waals surface area contributed by atoms with Crippen molar-refractivity contribution in [1.29, 1.82) is 0 Å². The molecule has 3 aromatic rings. The minimum absolute atomic E-state index is 0.530. The predicted molar refractivity (Wildman–Crippen MR) is 78.0 cm³/mol. The quantitative estimate of drug-likeness (QED) is 0.759. The van der Waals surface area contributed by atoms with Crippen LogP contribution in [0.2, 0.25) is 0 Å². The van der Waals surface area contributed by atoms with Crippen LogP contribution in [0.4, 0.5) is 4.39 Å². The lowest BCUT2D eigenvalue weighted by Gasteiger charge is -2.08. The van der Waals surface area contributed by atoms with E-state index in [4.69, 9.17) is 5.73 Å². The maximum atomic E-state index is 12.7. The molecule has 2 nitrogen and oxygen atoms in total. The monoisotopic (exact) mass is 256 g/mol. The molecule has 2 aromatic carbocycles. The molecule has 19 heavy (non-hydrogen) atoms. The molecule has 0 fully saturated rings. The number of fused-ring (bicyclic) bond motifs is 3. The molecular weight excluding hydrogens is 239 g/mol. The van der Waals surface area contributed by atoms with E-state index in [-0.39, 0.29) is 0 Å². The molecule has 0 aliphatic carbocycles. The summed E-state index contributed by atoms with van der Waals surface area (Å²) in [6.45, 7) is 2.52. The van der Waals surface area contributed by atoms with E-state index in [1.165, 1.54) is 16.4 Å². The highest BCUT2D eigenvalue weighted by atomic mass is 19.1. The van der Waals surface area contributed by atoms with Crippen molar-refractivity contribution in [3.8, 4) is 0 Å². The highest BCUT2D eigenvalue weighted by Crippen LogP contribution is 2.30. The second kappa shape index (κ2) is 4.67.